The molecule has 3 amide bonds. The number of fused-ring (bicyclic) bond motifs is 1. The lowest BCUT2D eigenvalue weighted by molar-refractivity contribution is -0.142. The number of carboxylic acids is 1. The van der Waals surface area contributed by atoms with Crippen LogP contribution in [0, 0.1) is 5.41 Å². The van der Waals surface area contributed by atoms with E-state index in [4.69, 9.17) is 11.1 Å². The summed E-state index contributed by atoms with van der Waals surface area (Å²) in [6.07, 6.45) is 2.62. The summed E-state index contributed by atoms with van der Waals surface area (Å²) in [7, 11) is 0. The van der Waals surface area contributed by atoms with Crippen molar-refractivity contribution in [3.63, 3.8) is 0 Å². The van der Waals surface area contributed by atoms with E-state index in [1.54, 1.807) is 0 Å². The van der Waals surface area contributed by atoms with Crippen molar-refractivity contribution in [2.75, 3.05) is 13.1 Å². The Morgan fingerprint density at radius 1 is 1.08 bits per heavy atom. The highest BCUT2D eigenvalue weighted by molar-refractivity contribution is 5.94. The van der Waals surface area contributed by atoms with Crippen LogP contribution < -0.4 is 21.7 Å². The minimum absolute atomic E-state index is 0.0758. The van der Waals surface area contributed by atoms with Gasteiger partial charge in [0.15, 0.2) is 5.96 Å². The van der Waals surface area contributed by atoms with Crippen molar-refractivity contribution < 1.29 is 24.3 Å². The summed E-state index contributed by atoms with van der Waals surface area (Å²) >= 11 is 0. The van der Waals surface area contributed by atoms with Gasteiger partial charge in [0.1, 0.15) is 18.1 Å². The number of hydrogen-bond acceptors (Lipinski definition) is 5. The molecular formula is C27H36N6O5. The Bertz CT molecular complexity index is 1180. The van der Waals surface area contributed by atoms with E-state index in [-0.39, 0.29) is 24.7 Å². The summed E-state index contributed by atoms with van der Waals surface area (Å²) in [5.41, 5.74) is 6.09. The SMILES string of the molecule is CC(=O)N1CCC[C@@H]1C(=O)N[C@@H](CCCCNC(=N)N)C(=O)N[C@@H](Cc1cccc2ccccc12)C(=O)O. The van der Waals surface area contributed by atoms with Gasteiger partial charge < -0.3 is 31.7 Å². The zero-order chi connectivity index (χ0) is 27.7. The van der Waals surface area contributed by atoms with Crippen LogP contribution in [-0.4, -0.2) is 70.9 Å². The molecule has 0 aromatic heterocycles. The van der Waals surface area contributed by atoms with Crippen LogP contribution in [-0.2, 0) is 25.6 Å². The summed E-state index contributed by atoms with van der Waals surface area (Å²) in [5, 5.41) is 27.1. The third-order valence-corrected chi connectivity index (χ3v) is 6.75. The Labute approximate surface area is 221 Å². The van der Waals surface area contributed by atoms with Gasteiger partial charge in [0, 0.05) is 26.4 Å². The van der Waals surface area contributed by atoms with Crippen LogP contribution in [0.15, 0.2) is 42.5 Å². The molecule has 3 atom stereocenters. The van der Waals surface area contributed by atoms with Crippen molar-refractivity contribution >= 4 is 40.4 Å². The van der Waals surface area contributed by atoms with Crippen molar-refractivity contribution in [3.8, 4) is 0 Å². The number of carboxylic acid groups (broad SMARTS) is 1. The number of carbonyl (C=O) groups is 4. The molecule has 38 heavy (non-hydrogen) atoms. The maximum Gasteiger partial charge on any atom is 0.326 e. The Balaban J connectivity index is 1.73. The van der Waals surface area contributed by atoms with Gasteiger partial charge in [-0.1, -0.05) is 42.5 Å². The molecule has 11 nitrogen and oxygen atoms in total. The summed E-state index contributed by atoms with van der Waals surface area (Å²) < 4.78 is 0. The highest BCUT2D eigenvalue weighted by Gasteiger charge is 2.35. The van der Waals surface area contributed by atoms with Crippen molar-refractivity contribution in [3.05, 3.63) is 48.0 Å². The fraction of sp³-hybridized carbons (Fsp3) is 0.444. The molecule has 7 N–H and O–H groups in total. The van der Waals surface area contributed by atoms with Gasteiger partial charge in [-0.05, 0) is 48.4 Å². The first-order valence-corrected chi connectivity index (χ1v) is 12.8. The Morgan fingerprint density at radius 3 is 2.53 bits per heavy atom. The molecule has 0 saturated carbocycles. The van der Waals surface area contributed by atoms with E-state index in [0.29, 0.717) is 38.8 Å². The Kier molecular flexibility index (Phi) is 10.0. The highest BCUT2D eigenvalue weighted by Crippen LogP contribution is 2.21. The average Bonchev–Trinajstić information content (AvgIpc) is 3.38. The van der Waals surface area contributed by atoms with Crippen molar-refractivity contribution in [2.45, 2.75) is 63.6 Å². The topological polar surface area (TPSA) is 178 Å². The van der Waals surface area contributed by atoms with Crippen LogP contribution in [0.2, 0.25) is 0 Å². The molecule has 1 aliphatic rings. The van der Waals surface area contributed by atoms with Crippen molar-refractivity contribution in [2.24, 2.45) is 5.73 Å². The number of nitrogens with zero attached hydrogens (tertiary/aromatic N) is 1. The van der Waals surface area contributed by atoms with Gasteiger partial charge in [-0.3, -0.25) is 19.8 Å². The van der Waals surface area contributed by atoms with Crippen LogP contribution in [0.1, 0.15) is 44.6 Å². The molecule has 1 aliphatic heterocycles. The van der Waals surface area contributed by atoms with E-state index in [2.05, 4.69) is 16.0 Å². The molecule has 2 aromatic carbocycles. The monoisotopic (exact) mass is 524 g/mol. The number of hydrogen-bond donors (Lipinski definition) is 6. The largest absolute Gasteiger partial charge is 0.480 e. The highest BCUT2D eigenvalue weighted by atomic mass is 16.4. The number of guanidine groups is 1. The number of benzene rings is 2. The molecule has 0 unspecified atom stereocenters. The molecule has 0 radical (unpaired) electrons. The number of rotatable bonds is 12. The molecule has 2 aromatic rings. The first-order valence-electron chi connectivity index (χ1n) is 12.8. The molecule has 0 spiro atoms. The fourth-order valence-corrected chi connectivity index (χ4v) is 4.81. The van der Waals surface area contributed by atoms with Gasteiger partial charge >= 0.3 is 5.97 Å². The molecule has 3 rings (SSSR count). The quantitative estimate of drug-likeness (QED) is 0.137. The molecule has 0 aliphatic carbocycles. The molecule has 11 heteroatoms. The second-order valence-corrected chi connectivity index (χ2v) is 9.51. The predicted octanol–water partition coefficient (Wildman–Crippen LogP) is 1.10. The smallest absolute Gasteiger partial charge is 0.326 e. The molecular weight excluding hydrogens is 488 g/mol. The van der Waals surface area contributed by atoms with E-state index < -0.39 is 35.9 Å². The molecule has 1 heterocycles. The van der Waals surface area contributed by atoms with E-state index in [0.717, 1.165) is 16.3 Å². The van der Waals surface area contributed by atoms with E-state index in [9.17, 15) is 24.3 Å². The molecule has 1 saturated heterocycles. The van der Waals surface area contributed by atoms with Gasteiger partial charge in [0.05, 0.1) is 0 Å². The maximum absolute atomic E-state index is 13.3. The fourth-order valence-electron chi connectivity index (χ4n) is 4.81. The lowest BCUT2D eigenvalue weighted by atomic mass is 9.98. The number of unbranched alkanes of at least 4 members (excludes halogenated alkanes) is 1. The third-order valence-electron chi connectivity index (χ3n) is 6.75. The van der Waals surface area contributed by atoms with E-state index >= 15 is 0 Å². The number of nitrogens with two attached hydrogens (primary N) is 1. The van der Waals surface area contributed by atoms with Gasteiger partial charge in [0.25, 0.3) is 0 Å². The molecule has 204 valence electrons. The van der Waals surface area contributed by atoms with Crippen molar-refractivity contribution in [1.29, 1.82) is 5.41 Å². The minimum atomic E-state index is -1.20. The minimum Gasteiger partial charge on any atom is -0.480 e. The van der Waals surface area contributed by atoms with E-state index in [1.165, 1.54) is 11.8 Å². The summed E-state index contributed by atoms with van der Waals surface area (Å²) in [4.78, 5) is 51.9. The van der Waals surface area contributed by atoms with Crippen LogP contribution in [0.5, 0.6) is 0 Å². The summed E-state index contributed by atoms with van der Waals surface area (Å²) in [5.74, 6) is -2.57. The summed E-state index contributed by atoms with van der Waals surface area (Å²) in [6.45, 7) is 2.31. The maximum atomic E-state index is 13.3. The normalized spacial score (nSPS) is 16.4. The Hall–Kier alpha value is -4.15. The second-order valence-electron chi connectivity index (χ2n) is 9.51. The zero-order valence-electron chi connectivity index (χ0n) is 21.5. The molecule has 1 fully saturated rings. The predicted molar refractivity (Wildman–Crippen MR) is 143 cm³/mol. The summed E-state index contributed by atoms with van der Waals surface area (Å²) in [6, 6.07) is 10.4. The second kappa shape index (κ2) is 13.4. The van der Waals surface area contributed by atoms with Crippen molar-refractivity contribution in [1.82, 2.24) is 20.9 Å². The number of carbonyl (C=O) groups excluding carboxylic acids is 3. The first kappa shape index (κ1) is 28.4. The van der Waals surface area contributed by atoms with E-state index in [1.807, 2.05) is 42.5 Å². The lowest BCUT2D eigenvalue weighted by Crippen LogP contribution is -2.55. The number of nitrogens with one attached hydrogen (secondary N) is 4. The molecule has 0 bridgehead atoms. The van der Waals surface area contributed by atoms with Gasteiger partial charge in [0.2, 0.25) is 17.7 Å². The standard InChI is InChI=1S/C27H36N6O5/c1-17(34)33-15-7-13-23(33)25(36)31-21(12-4-5-14-30-27(28)29)24(35)32-22(26(37)38)16-19-10-6-9-18-8-2-3-11-20(18)19/h2-3,6,8-11,21-23H,4-5,7,12-16H2,1H3,(H,31,36)(H,32,35)(H,37,38)(H4,28,29,30)/t21-,22-,23+/m0/s1. The number of aliphatic carboxylic acids is 1. The van der Waals surface area contributed by atoms with Gasteiger partial charge in [-0.25, -0.2) is 4.79 Å². The number of likely N-dealkylation sites (tertiary alicyclic amines) is 1. The van der Waals surface area contributed by atoms with Crippen LogP contribution >= 0.6 is 0 Å². The van der Waals surface area contributed by atoms with Crippen LogP contribution in [0.25, 0.3) is 10.8 Å². The first-order chi connectivity index (χ1) is 18.2. The lowest BCUT2D eigenvalue weighted by Gasteiger charge is -2.26. The average molecular weight is 525 g/mol. The van der Waals surface area contributed by atoms with Gasteiger partial charge in [-0.15, -0.1) is 0 Å². The van der Waals surface area contributed by atoms with Gasteiger partial charge in [-0.2, -0.15) is 0 Å². The van der Waals surface area contributed by atoms with Crippen LogP contribution in [0.3, 0.4) is 0 Å². The number of amides is 3. The van der Waals surface area contributed by atoms with Crippen LogP contribution in [0.4, 0.5) is 0 Å². The Morgan fingerprint density at radius 2 is 1.82 bits per heavy atom. The third kappa shape index (κ3) is 7.67. The zero-order valence-corrected chi connectivity index (χ0v) is 21.5.